The van der Waals surface area contributed by atoms with E-state index in [1.54, 1.807) is 0 Å². The second-order valence-corrected chi connectivity index (χ2v) is 4.20. The van der Waals surface area contributed by atoms with Crippen LogP contribution in [0.15, 0.2) is 12.4 Å². The van der Waals surface area contributed by atoms with Crippen molar-refractivity contribution in [3.8, 4) is 0 Å². The summed E-state index contributed by atoms with van der Waals surface area (Å²) in [7, 11) is 0. The standard InChI is InChI=1S/C11H14F3N3O2/c1-3-4-7-5-8(16-6-15-7)17-10(2,9(18)19)11(12,13)14/h5-6H,3-4H2,1-2H3,(H,18,19)(H,15,16,17). The number of aryl methyl sites for hydroxylation is 1. The fourth-order valence-corrected chi connectivity index (χ4v) is 1.36. The van der Waals surface area contributed by atoms with Gasteiger partial charge in [0, 0.05) is 11.8 Å². The third kappa shape index (κ3) is 3.33. The summed E-state index contributed by atoms with van der Waals surface area (Å²) in [5, 5.41) is 10.7. The minimum absolute atomic E-state index is 0.166. The fraction of sp³-hybridized carbons (Fsp3) is 0.545. The lowest BCUT2D eigenvalue weighted by Gasteiger charge is -2.29. The van der Waals surface area contributed by atoms with E-state index in [-0.39, 0.29) is 5.82 Å². The summed E-state index contributed by atoms with van der Waals surface area (Å²) in [5.74, 6) is -2.18. The maximum atomic E-state index is 12.8. The summed E-state index contributed by atoms with van der Waals surface area (Å²) in [6.07, 6.45) is -2.50. The number of alkyl halides is 3. The Morgan fingerprint density at radius 2 is 2.05 bits per heavy atom. The number of carbonyl (C=O) groups is 1. The lowest BCUT2D eigenvalue weighted by Crippen LogP contribution is -2.55. The molecule has 0 radical (unpaired) electrons. The molecule has 8 heteroatoms. The monoisotopic (exact) mass is 277 g/mol. The van der Waals surface area contributed by atoms with Crippen LogP contribution in [0.3, 0.4) is 0 Å². The van der Waals surface area contributed by atoms with Crippen molar-refractivity contribution < 1.29 is 23.1 Å². The predicted octanol–water partition coefficient (Wildman–Crippen LogP) is 2.25. The van der Waals surface area contributed by atoms with Crippen molar-refractivity contribution in [1.29, 1.82) is 0 Å². The van der Waals surface area contributed by atoms with Crippen LogP contribution in [-0.4, -0.2) is 32.8 Å². The molecule has 0 saturated heterocycles. The van der Waals surface area contributed by atoms with Gasteiger partial charge in [0.1, 0.15) is 12.1 Å². The van der Waals surface area contributed by atoms with Gasteiger partial charge >= 0.3 is 12.1 Å². The van der Waals surface area contributed by atoms with Gasteiger partial charge in [-0.1, -0.05) is 13.3 Å². The smallest absolute Gasteiger partial charge is 0.422 e. The Morgan fingerprint density at radius 1 is 1.42 bits per heavy atom. The van der Waals surface area contributed by atoms with E-state index in [1.807, 2.05) is 12.2 Å². The summed E-state index contributed by atoms with van der Waals surface area (Å²) >= 11 is 0. The van der Waals surface area contributed by atoms with E-state index in [0.29, 0.717) is 19.0 Å². The maximum Gasteiger partial charge on any atom is 0.422 e. The highest BCUT2D eigenvalue weighted by atomic mass is 19.4. The molecule has 5 nitrogen and oxygen atoms in total. The van der Waals surface area contributed by atoms with Crippen LogP contribution in [0.4, 0.5) is 19.0 Å². The van der Waals surface area contributed by atoms with Gasteiger partial charge in [-0.25, -0.2) is 14.8 Å². The van der Waals surface area contributed by atoms with Crippen molar-refractivity contribution in [1.82, 2.24) is 9.97 Å². The SMILES string of the molecule is CCCc1cc(NC(C)(C(=O)O)C(F)(F)F)ncn1. The molecule has 1 aromatic heterocycles. The van der Waals surface area contributed by atoms with Gasteiger partial charge in [0.2, 0.25) is 5.54 Å². The molecule has 0 spiro atoms. The minimum Gasteiger partial charge on any atom is -0.479 e. The number of hydrogen-bond donors (Lipinski definition) is 2. The molecular formula is C11H14F3N3O2. The third-order valence-corrected chi connectivity index (χ3v) is 2.60. The van der Waals surface area contributed by atoms with Crippen LogP contribution in [0, 0.1) is 0 Å². The summed E-state index contributed by atoms with van der Waals surface area (Å²) < 4.78 is 38.4. The number of aromatic nitrogens is 2. The number of nitrogens with one attached hydrogen (secondary N) is 1. The Bertz CT molecular complexity index is 465. The van der Waals surface area contributed by atoms with Crippen LogP contribution in [-0.2, 0) is 11.2 Å². The van der Waals surface area contributed by atoms with Gasteiger partial charge in [0.25, 0.3) is 0 Å². The number of anilines is 1. The number of halogens is 3. The van der Waals surface area contributed by atoms with Crippen LogP contribution < -0.4 is 5.32 Å². The van der Waals surface area contributed by atoms with E-state index in [9.17, 15) is 18.0 Å². The molecule has 106 valence electrons. The molecule has 0 aromatic carbocycles. The van der Waals surface area contributed by atoms with Gasteiger partial charge in [-0.3, -0.25) is 0 Å². The predicted molar refractivity (Wildman–Crippen MR) is 61.7 cm³/mol. The summed E-state index contributed by atoms with van der Waals surface area (Å²) in [6.45, 7) is 2.45. The molecule has 0 fully saturated rings. The molecule has 0 aliphatic carbocycles. The van der Waals surface area contributed by atoms with Crippen LogP contribution >= 0.6 is 0 Å². The van der Waals surface area contributed by atoms with Gasteiger partial charge in [0.05, 0.1) is 0 Å². The van der Waals surface area contributed by atoms with Crippen molar-refractivity contribution in [2.75, 3.05) is 5.32 Å². The van der Waals surface area contributed by atoms with E-state index in [1.165, 1.54) is 6.07 Å². The molecule has 0 saturated carbocycles. The molecule has 0 bridgehead atoms. The van der Waals surface area contributed by atoms with Crippen LogP contribution in [0.5, 0.6) is 0 Å². The van der Waals surface area contributed by atoms with E-state index in [0.717, 1.165) is 12.7 Å². The maximum absolute atomic E-state index is 12.8. The lowest BCUT2D eigenvalue weighted by atomic mass is 10.0. The van der Waals surface area contributed by atoms with Crippen molar-refractivity contribution in [3.05, 3.63) is 18.1 Å². The van der Waals surface area contributed by atoms with Gasteiger partial charge < -0.3 is 10.4 Å². The molecule has 1 unspecified atom stereocenters. The lowest BCUT2D eigenvalue weighted by molar-refractivity contribution is -0.192. The van der Waals surface area contributed by atoms with Crippen molar-refractivity contribution in [2.45, 2.75) is 38.4 Å². The van der Waals surface area contributed by atoms with Crippen LogP contribution in [0.1, 0.15) is 26.0 Å². The summed E-state index contributed by atoms with van der Waals surface area (Å²) in [5.41, 5.74) is -2.54. The number of carboxylic acid groups (broad SMARTS) is 1. The first-order valence-electron chi connectivity index (χ1n) is 5.60. The first kappa shape index (κ1) is 15.2. The number of rotatable bonds is 5. The molecule has 0 amide bonds. The van der Waals surface area contributed by atoms with Gasteiger partial charge in [-0.2, -0.15) is 13.2 Å². The first-order chi connectivity index (χ1) is 8.70. The second kappa shape index (κ2) is 5.41. The Balaban J connectivity index is 3.04. The molecule has 0 aliphatic heterocycles. The zero-order chi connectivity index (χ0) is 14.7. The van der Waals surface area contributed by atoms with Gasteiger partial charge in [-0.05, 0) is 13.3 Å². The van der Waals surface area contributed by atoms with E-state index in [4.69, 9.17) is 5.11 Å². The quantitative estimate of drug-likeness (QED) is 0.863. The number of nitrogens with zero attached hydrogens (tertiary/aromatic N) is 2. The van der Waals surface area contributed by atoms with E-state index >= 15 is 0 Å². The highest BCUT2D eigenvalue weighted by Crippen LogP contribution is 2.33. The molecule has 1 atom stereocenters. The van der Waals surface area contributed by atoms with Gasteiger partial charge in [-0.15, -0.1) is 0 Å². The Morgan fingerprint density at radius 3 is 2.53 bits per heavy atom. The molecule has 1 aromatic rings. The molecular weight excluding hydrogens is 263 g/mol. The van der Waals surface area contributed by atoms with Crippen LogP contribution in [0.25, 0.3) is 0 Å². The topological polar surface area (TPSA) is 75.1 Å². The van der Waals surface area contributed by atoms with E-state index in [2.05, 4.69) is 9.97 Å². The zero-order valence-corrected chi connectivity index (χ0v) is 10.5. The van der Waals surface area contributed by atoms with Crippen molar-refractivity contribution in [3.63, 3.8) is 0 Å². The molecule has 1 rings (SSSR count). The van der Waals surface area contributed by atoms with Gasteiger partial charge in [0.15, 0.2) is 0 Å². The fourth-order valence-electron chi connectivity index (χ4n) is 1.36. The Kier molecular flexibility index (Phi) is 4.33. The highest BCUT2D eigenvalue weighted by Gasteiger charge is 2.57. The number of aliphatic carboxylic acids is 1. The molecule has 19 heavy (non-hydrogen) atoms. The number of carboxylic acids is 1. The highest BCUT2D eigenvalue weighted by molar-refractivity contribution is 5.83. The zero-order valence-electron chi connectivity index (χ0n) is 10.5. The number of hydrogen-bond acceptors (Lipinski definition) is 4. The average molecular weight is 277 g/mol. The minimum atomic E-state index is -4.95. The molecule has 1 heterocycles. The Labute approximate surface area is 107 Å². The van der Waals surface area contributed by atoms with Crippen molar-refractivity contribution in [2.24, 2.45) is 0 Å². The molecule has 2 N–H and O–H groups in total. The van der Waals surface area contributed by atoms with Crippen LogP contribution in [0.2, 0.25) is 0 Å². The second-order valence-electron chi connectivity index (χ2n) is 4.20. The summed E-state index contributed by atoms with van der Waals surface area (Å²) in [6, 6.07) is 1.32. The first-order valence-corrected chi connectivity index (χ1v) is 5.60. The van der Waals surface area contributed by atoms with Crippen molar-refractivity contribution >= 4 is 11.8 Å². The largest absolute Gasteiger partial charge is 0.479 e. The third-order valence-electron chi connectivity index (χ3n) is 2.60. The Hall–Kier alpha value is -1.86. The molecule has 0 aliphatic rings. The normalized spacial score (nSPS) is 14.8. The summed E-state index contributed by atoms with van der Waals surface area (Å²) in [4.78, 5) is 18.4. The van der Waals surface area contributed by atoms with E-state index < -0.39 is 17.7 Å². The average Bonchev–Trinajstić information content (AvgIpc) is 2.28.